The fourth-order valence-corrected chi connectivity index (χ4v) is 1.88. The molecule has 302 valence electrons. The van der Waals surface area contributed by atoms with Crippen LogP contribution in [0, 0.1) is 17.8 Å². The zero-order valence-corrected chi connectivity index (χ0v) is 29.9. The molecule has 0 heterocycles. The molecule has 0 aromatic heterocycles. The summed E-state index contributed by atoms with van der Waals surface area (Å²) >= 11 is 0. The molecule has 0 saturated heterocycles. The van der Waals surface area contributed by atoms with E-state index in [1.165, 1.54) is 6.92 Å². The molecule has 23 heteroatoms. The number of hydrogen-bond acceptors (Lipinski definition) is 15. The van der Waals surface area contributed by atoms with Gasteiger partial charge in [0.05, 0.1) is 18.9 Å². The number of amides is 2. The van der Waals surface area contributed by atoms with Gasteiger partial charge in [-0.3, -0.25) is 38.4 Å². The molecule has 0 aliphatic carbocycles. The molecular weight excluding hydrogens is 688 g/mol. The third-order valence-corrected chi connectivity index (χ3v) is 5.83. The van der Waals surface area contributed by atoms with Crippen molar-refractivity contribution in [3.63, 3.8) is 0 Å². The summed E-state index contributed by atoms with van der Waals surface area (Å²) in [6.45, 7) is 12.2. The van der Waals surface area contributed by atoms with Crippen LogP contribution in [0.3, 0.4) is 0 Å². The summed E-state index contributed by atoms with van der Waals surface area (Å²) in [5.74, 6) is -7.68. The summed E-state index contributed by atoms with van der Waals surface area (Å²) in [6.07, 6.45) is -0.787. The zero-order valence-electron chi connectivity index (χ0n) is 29.9. The predicted octanol–water partition coefficient (Wildman–Crippen LogP) is -4.12. The summed E-state index contributed by atoms with van der Waals surface area (Å²) in [4.78, 5) is 79.9. The van der Waals surface area contributed by atoms with Crippen LogP contribution in [-0.4, -0.2) is 126 Å². The van der Waals surface area contributed by atoms with Gasteiger partial charge in [0.2, 0.25) is 11.8 Å². The summed E-state index contributed by atoms with van der Waals surface area (Å²) in [6, 6.07) is -5.61. The number of carbonyl (C=O) groups excluding carboxylic acids is 2. The quantitative estimate of drug-likeness (QED) is 0.0756. The van der Waals surface area contributed by atoms with E-state index >= 15 is 0 Å². The van der Waals surface area contributed by atoms with Crippen molar-refractivity contribution in [2.75, 3.05) is 0 Å². The van der Waals surface area contributed by atoms with Crippen LogP contribution < -0.4 is 45.9 Å². The highest BCUT2D eigenvalue weighted by atomic mass is 16.4. The molecule has 0 radical (unpaired) electrons. The third-order valence-electron chi connectivity index (χ3n) is 5.83. The van der Waals surface area contributed by atoms with Crippen molar-refractivity contribution in [1.82, 2.24) is 0 Å². The Morgan fingerprint density at radius 3 is 0.725 bits per heavy atom. The molecule has 0 unspecified atom stereocenters. The molecule has 23 N–H and O–H groups in total. The number of aliphatic hydroxyl groups is 1. The van der Waals surface area contributed by atoms with Gasteiger partial charge in [-0.2, -0.15) is 0 Å². The lowest BCUT2D eigenvalue weighted by Gasteiger charge is -2.11. The molecule has 0 rings (SSSR count). The van der Waals surface area contributed by atoms with Gasteiger partial charge in [0.1, 0.15) is 36.3 Å². The van der Waals surface area contributed by atoms with Crippen LogP contribution in [0.1, 0.15) is 67.7 Å². The number of aliphatic hydroxyl groups excluding tert-OH is 1. The first-order chi connectivity index (χ1) is 22.8. The highest BCUT2D eigenvalue weighted by molar-refractivity contribution is 5.83. The van der Waals surface area contributed by atoms with Gasteiger partial charge < -0.3 is 81.6 Å². The maximum Gasteiger partial charge on any atom is 0.323 e. The fourth-order valence-electron chi connectivity index (χ4n) is 1.88. The van der Waals surface area contributed by atoms with Crippen LogP contribution in [0.2, 0.25) is 0 Å². The molecule has 0 aliphatic heterocycles. The van der Waals surface area contributed by atoms with Crippen LogP contribution >= 0.6 is 0 Å². The second kappa shape index (κ2) is 32.7. The van der Waals surface area contributed by atoms with Gasteiger partial charge in [0.25, 0.3) is 0 Å². The molecular formula is C28H60N8O15. The number of carbonyl (C=O) groups is 8. The molecule has 0 saturated carbocycles. The van der Waals surface area contributed by atoms with Crippen molar-refractivity contribution in [2.45, 2.75) is 110 Å². The topological polar surface area (TPSA) is 486 Å². The van der Waals surface area contributed by atoms with Crippen molar-refractivity contribution in [1.29, 1.82) is 0 Å². The highest BCUT2D eigenvalue weighted by Crippen LogP contribution is 2.04. The van der Waals surface area contributed by atoms with Crippen LogP contribution in [-0.2, 0) is 38.4 Å². The Morgan fingerprint density at radius 2 is 0.686 bits per heavy atom. The Bertz CT molecular complexity index is 972. The summed E-state index contributed by atoms with van der Waals surface area (Å²) in [5, 5.41) is 57.6. The van der Waals surface area contributed by atoms with Gasteiger partial charge in [-0.15, -0.1) is 0 Å². The Hall–Kier alpha value is -4.52. The molecule has 0 fully saturated rings. The van der Waals surface area contributed by atoms with Crippen LogP contribution in [0.5, 0.6) is 0 Å². The molecule has 51 heavy (non-hydrogen) atoms. The van der Waals surface area contributed by atoms with Crippen molar-refractivity contribution in [3.8, 4) is 0 Å². The molecule has 0 aromatic rings. The SMILES string of the molecule is CC(C)[C@H](N)C(=O)O.CC(C)[C@H](N)C(=O)O.CC[C@H](C)[C@H](N)C(=O)O.C[C@@H](O)[C@H](N)C(=O)O.NC(=O)C[C@H](N)C(=O)O.NC(=O)C[C@H](N)C(=O)O. The molecule has 2 amide bonds. The van der Waals surface area contributed by atoms with E-state index in [0.29, 0.717) is 0 Å². The minimum absolute atomic E-state index is 0.0208. The molecule has 0 aliphatic rings. The van der Waals surface area contributed by atoms with E-state index in [9.17, 15) is 38.4 Å². The lowest BCUT2D eigenvalue weighted by Crippen LogP contribution is -2.39. The van der Waals surface area contributed by atoms with E-state index in [0.717, 1.165) is 6.42 Å². The van der Waals surface area contributed by atoms with Crippen LogP contribution in [0.4, 0.5) is 0 Å². The minimum Gasteiger partial charge on any atom is -0.480 e. The van der Waals surface area contributed by atoms with Gasteiger partial charge in [0, 0.05) is 0 Å². The number of aliphatic carboxylic acids is 6. The zero-order chi connectivity index (χ0) is 42.5. The van der Waals surface area contributed by atoms with Gasteiger partial charge >= 0.3 is 35.8 Å². The smallest absolute Gasteiger partial charge is 0.323 e. The Labute approximate surface area is 295 Å². The third kappa shape index (κ3) is 41.6. The van der Waals surface area contributed by atoms with Gasteiger partial charge in [-0.25, -0.2) is 0 Å². The van der Waals surface area contributed by atoms with Gasteiger partial charge in [-0.05, 0) is 24.7 Å². The lowest BCUT2D eigenvalue weighted by molar-refractivity contribution is -0.141. The monoisotopic (exact) mass is 748 g/mol. The van der Waals surface area contributed by atoms with E-state index in [1.54, 1.807) is 27.7 Å². The molecule has 23 nitrogen and oxygen atoms in total. The average molecular weight is 749 g/mol. The summed E-state index contributed by atoms with van der Waals surface area (Å²) in [5.41, 5.74) is 39.6. The molecule has 8 atom stereocenters. The maximum atomic E-state index is 10.2. The largest absolute Gasteiger partial charge is 0.480 e. The standard InChI is InChI=1S/C6H13NO2.2C5H11NO2.2C4H8N2O3.C4H9NO3/c1-3-4(2)5(7)6(8)9;2*1-3(2)4(6)5(7)8;2*5-2(4(8)9)1-3(6)7;1-2(6)3(5)4(7)8/h4-5H,3,7H2,1-2H3,(H,8,9);2*3-4H,6H2,1-2H3,(H,7,8);2*2H,1,5H2,(H2,6,7)(H,8,9);2-3,6H,5H2,1H3,(H,7,8)/t4-,5-;2*4-;2*2-;2-,3+/m000001/s1. The first-order valence-corrected chi connectivity index (χ1v) is 15.0. The van der Waals surface area contributed by atoms with Crippen molar-refractivity contribution >= 4 is 47.6 Å². The van der Waals surface area contributed by atoms with E-state index in [4.69, 9.17) is 70.1 Å². The average Bonchev–Trinajstić information content (AvgIpc) is 2.99. The van der Waals surface area contributed by atoms with Crippen molar-refractivity contribution in [3.05, 3.63) is 0 Å². The van der Waals surface area contributed by atoms with E-state index in [2.05, 4.69) is 11.5 Å². The summed E-state index contributed by atoms with van der Waals surface area (Å²) < 4.78 is 0. The fraction of sp³-hybridized carbons (Fsp3) is 0.714. The first kappa shape index (κ1) is 58.7. The molecule has 0 aromatic carbocycles. The first-order valence-electron chi connectivity index (χ1n) is 15.0. The number of hydrogen-bond donors (Lipinski definition) is 15. The van der Waals surface area contributed by atoms with Crippen molar-refractivity contribution < 1.29 is 74.1 Å². The highest BCUT2D eigenvalue weighted by Gasteiger charge is 2.18. The molecule has 0 spiro atoms. The second-order valence-corrected chi connectivity index (χ2v) is 11.3. The number of carboxylic acids is 6. The van der Waals surface area contributed by atoms with E-state index < -0.39 is 90.0 Å². The van der Waals surface area contributed by atoms with E-state index in [1.807, 2.05) is 13.8 Å². The number of carboxylic acid groups (broad SMARTS) is 6. The van der Waals surface area contributed by atoms with Crippen molar-refractivity contribution in [2.24, 2.45) is 63.6 Å². The number of primary amides is 2. The number of nitrogens with two attached hydrogens (primary N) is 8. The molecule has 0 bridgehead atoms. The Kier molecular flexibility index (Phi) is 37.6. The lowest BCUT2D eigenvalue weighted by atomic mass is 10.0. The Balaban J connectivity index is -0.000000119. The summed E-state index contributed by atoms with van der Waals surface area (Å²) in [7, 11) is 0. The second-order valence-electron chi connectivity index (χ2n) is 11.3. The van der Waals surface area contributed by atoms with E-state index in [-0.39, 0.29) is 30.6 Å². The minimum atomic E-state index is -1.21. The van der Waals surface area contributed by atoms with Gasteiger partial charge in [-0.1, -0.05) is 48.0 Å². The van der Waals surface area contributed by atoms with Crippen LogP contribution in [0.25, 0.3) is 0 Å². The van der Waals surface area contributed by atoms with Crippen LogP contribution in [0.15, 0.2) is 0 Å². The predicted molar refractivity (Wildman–Crippen MR) is 182 cm³/mol. The maximum absolute atomic E-state index is 10.2. The Morgan fingerprint density at radius 1 is 0.451 bits per heavy atom. The number of rotatable bonds is 15. The normalized spacial score (nSPS) is 14.5. The van der Waals surface area contributed by atoms with Gasteiger partial charge in [0.15, 0.2) is 0 Å².